The van der Waals surface area contributed by atoms with E-state index < -0.39 is 0 Å². The number of hydrogen-bond donors (Lipinski definition) is 2. The number of nitrogens with one attached hydrogen (secondary N) is 1. The summed E-state index contributed by atoms with van der Waals surface area (Å²) in [5.74, 6) is 0.903. The van der Waals surface area contributed by atoms with Crippen LogP contribution in [0.15, 0.2) is 36.5 Å². The summed E-state index contributed by atoms with van der Waals surface area (Å²) in [4.78, 5) is 4.36. The molecule has 0 aliphatic carbocycles. The molecule has 0 unspecified atom stereocenters. The van der Waals surface area contributed by atoms with E-state index in [1.54, 1.807) is 6.20 Å². The van der Waals surface area contributed by atoms with Crippen LogP contribution < -0.4 is 11.1 Å². The number of anilines is 2. The summed E-state index contributed by atoms with van der Waals surface area (Å²) in [5.41, 5.74) is 10.2. The van der Waals surface area contributed by atoms with E-state index in [4.69, 9.17) is 5.73 Å². The zero-order valence-electron chi connectivity index (χ0n) is 12.7. The fourth-order valence-electron chi connectivity index (χ4n) is 2.25. The summed E-state index contributed by atoms with van der Waals surface area (Å²) < 4.78 is 0. The number of aryl methyl sites for hydroxylation is 2. The minimum atomic E-state index is 0.0432. The van der Waals surface area contributed by atoms with Gasteiger partial charge in [-0.25, -0.2) is 4.98 Å². The summed E-state index contributed by atoms with van der Waals surface area (Å²) in [6.45, 7) is 9.45. The van der Waals surface area contributed by atoms with Gasteiger partial charge in [-0.05, 0) is 31.0 Å². The monoisotopic (exact) mass is 269 g/mol. The molecule has 0 aliphatic rings. The lowest BCUT2D eigenvalue weighted by molar-refractivity contribution is 0.555. The van der Waals surface area contributed by atoms with E-state index in [2.05, 4.69) is 55.3 Å². The van der Waals surface area contributed by atoms with Gasteiger partial charge in [0, 0.05) is 12.0 Å². The average Bonchev–Trinajstić information content (AvgIpc) is 2.37. The lowest BCUT2D eigenvalue weighted by Crippen LogP contribution is -2.28. The molecule has 0 saturated heterocycles. The molecule has 0 atom stereocenters. The van der Waals surface area contributed by atoms with Gasteiger partial charge >= 0.3 is 0 Å². The molecule has 2 aromatic rings. The first kappa shape index (κ1) is 14.4. The molecule has 0 bridgehead atoms. The molecule has 0 spiro atoms. The Labute approximate surface area is 121 Å². The first-order chi connectivity index (χ1) is 9.38. The van der Waals surface area contributed by atoms with Crippen molar-refractivity contribution in [3.05, 3.63) is 53.2 Å². The van der Waals surface area contributed by atoms with Gasteiger partial charge in [-0.3, -0.25) is 0 Å². The number of nitrogens with two attached hydrogens (primary N) is 1. The molecule has 0 aliphatic heterocycles. The van der Waals surface area contributed by atoms with Crippen LogP contribution in [0, 0.1) is 13.8 Å². The lowest BCUT2D eigenvalue weighted by atomic mass is 9.84. The molecule has 1 aromatic heterocycles. The Bertz CT molecular complexity index is 603. The molecular formula is C17H23N3. The lowest BCUT2D eigenvalue weighted by Gasteiger charge is -2.26. The predicted molar refractivity (Wildman–Crippen MR) is 86.1 cm³/mol. The summed E-state index contributed by atoms with van der Waals surface area (Å²) in [6, 6.07) is 10.6. The second-order valence-corrected chi connectivity index (χ2v) is 6.04. The molecule has 0 radical (unpaired) electrons. The summed E-state index contributed by atoms with van der Waals surface area (Å²) in [5, 5.41) is 3.43. The van der Waals surface area contributed by atoms with E-state index in [1.165, 1.54) is 11.1 Å². The van der Waals surface area contributed by atoms with E-state index in [-0.39, 0.29) is 5.41 Å². The number of benzene rings is 1. The van der Waals surface area contributed by atoms with Crippen molar-refractivity contribution in [1.82, 2.24) is 4.98 Å². The van der Waals surface area contributed by atoms with Crippen molar-refractivity contribution >= 4 is 11.5 Å². The van der Waals surface area contributed by atoms with Crippen molar-refractivity contribution in [3.63, 3.8) is 0 Å². The highest BCUT2D eigenvalue weighted by Crippen LogP contribution is 2.25. The van der Waals surface area contributed by atoms with Gasteiger partial charge in [0.15, 0.2) is 0 Å². The normalized spacial score (nSPS) is 11.4. The van der Waals surface area contributed by atoms with Gasteiger partial charge in [0.2, 0.25) is 0 Å². The van der Waals surface area contributed by atoms with Gasteiger partial charge in [-0.2, -0.15) is 0 Å². The molecule has 3 N–H and O–H groups in total. The van der Waals surface area contributed by atoms with Gasteiger partial charge in [-0.15, -0.1) is 0 Å². The molecule has 0 fully saturated rings. The second kappa shape index (κ2) is 5.53. The number of aromatic nitrogens is 1. The van der Waals surface area contributed by atoms with Crippen LogP contribution in [0.2, 0.25) is 0 Å². The summed E-state index contributed by atoms with van der Waals surface area (Å²) >= 11 is 0. The van der Waals surface area contributed by atoms with Gasteiger partial charge in [0.1, 0.15) is 5.82 Å². The average molecular weight is 269 g/mol. The molecule has 106 valence electrons. The van der Waals surface area contributed by atoms with Crippen molar-refractivity contribution in [2.45, 2.75) is 33.1 Å². The Kier molecular flexibility index (Phi) is 3.98. The molecule has 20 heavy (non-hydrogen) atoms. The first-order valence-electron chi connectivity index (χ1n) is 6.91. The number of nitrogens with zero attached hydrogens (tertiary/aromatic N) is 1. The zero-order chi connectivity index (χ0) is 14.8. The Hall–Kier alpha value is -2.03. The molecule has 3 nitrogen and oxygen atoms in total. The third-order valence-electron chi connectivity index (χ3n) is 3.60. The Balaban J connectivity index is 2.12. The molecule has 0 saturated carbocycles. The third-order valence-corrected chi connectivity index (χ3v) is 3.60. The number of rotatable bonds is 4. The molecule has 1 heterocycles. The maximum absolute atomic E-state index is 5.73. The fourth-order valence-corrected chi connectivity index (χ4v) is 2.25. The van der Waals surface area contributed by atoms with Crippen molar-refractivity contribution in [2.75, 3.05) is 17.6 Å². The van der Waals surface area contributed by atoms with E-state index in [0.717, 1.165) is 17.9 Å². The second-order valence-electron chi connectivity index (χ2n) is 6.04. The fraction of sp³-hybridized carbons (Fsp3) is 0.353. The van der Waals surface area contributed by atoms with E-state index in [9.17, 15) is 0 Å². The van der Waals surface area contributed by atoms with Crippen molar-refractivity contribution < 1.29 is 0 Å². The summed E-state index contributed by atoms with van der Waals surface area (Å²) in [6.07, 6.45) is 1.69. The van der Waals surface area contributed by atoms with Crippen LogP contribution in [0.25, 0.3) is 0 Å². The van der Waals surface area contributed by atoms with Gasteiger partial charge < -0.3 is 11.1 Å². The largest absolute Gasteiger partial charge is 0.397 e. The molecule has 3 heteroatoms. The zero-order valence-corrected chi connectivity index (χ0v) is 12.7. The molecule has 0 amide bonds. The molecule has 2 rings (SSSR count). The smallest absolute Gasteiger partial charge is 0.129 e. The maximum Gasteiger partial charge on any atom is 0.129 e. The van der Waals surface area contributed by atoms with Crippen LogP contribution in [0.4, 0.5) is 11.5 Å². The highest BCUT2D eigenvalue weighted by Gasteiger charge is 2.20. The minimum Gasteiger partial charge on any atom is -0.397 e. The third kappa shape index (κ3) is 3.29. The van der Waals surface area contributed by atoms with E-state index in [0.29, 0.717) is 5.69 Å². The van der Waals surface area contributed by atoms with E-state index in [1.807, 2.05) is 13.0 Å². The Morgan fingerprint density at radius 2 is 1.95 bits per heavy atom. The first-order valence-corrected chi connectivity index (χ1v) is 6.91. The van der Waals surface area contributed by atoms with Crippen molar-refractivity contribution in [2.24, 2.45) is 0 Å². The Morgan fingerprint density at radius 3 is 2.60 bits per heavy atom. The predicted octanol–water partition coefficient (Wildman–Crippen LogP) is 3.67. The number of nitrogen functional groups attached to an aromatic ring is 1. The molecule has 1 aromatic carbocycles. The molecular weight excluding hydrogens is 246 g/mol. The number of hydrogen-bond acceptors (Lipinski definition) is 3. The topological polar surface area (TPSA) is 50.9 Å². The van der Waals surface area contributed by atoms with Crippen LogP contribution in [-0.2, 0) is 5.41 Å². The minimum absolute atomic E-state index is 0.0432. The van der Waals surface area contributed by atoms with Crippen LogP contribution in [0.1, 0.15) is 30.5 Å². The van der Waals surface area contributed by atoms with Crippen molar-refractivity contribution in [1.29, 1.82) is 0 Å². The van der Waals surface area contributed by atoms with Crippen molar-refractivity contribution in [3.8, 4) is 0 Å². The maximum atomic E-state index is 5.73. The summed E-state index contributed by atoms with van der Waals surface area (Å²) in [7, 11) is 0. The highest BCUT2D eigenvalue weighted by atomic mass is 15.0. The van der Waals surface area contributed by atoms with Crippen LogP contribution in [0.3, 0.4) is 0 Å². The van der Waals surface area contributed by atoms with E-state index >= 15 is 0 Å². The standard InChI is InChI=1S/C17H23N3/c1-12-6-5-7-14(8-12)17(3,4)11-20-16-13(2)9-15(18)10-19-16/h5-10H,11,18H2,1-4H3,(H,19,20). The van der Waals surface area contributed by atoms with Gasteiger partial charge in [0.25, 0.3) is 0 Å². The quantitative estimate of drug-likeness (QED) is 0.890. The van der Waals surface area contributed by atoms with Gasteiger partial charge in [-0.1, -0.05) is 43.7 Å². The number of pyridine rings is 1. The highest BCUT2D eigenvalue weighted by molar-refractivity contribution is 5.51. The Morgan fingerprint density at radius 1 is 1.20 bits per heavy atom. The van der Waals surface area contributed by atoms with Crippen LogP contribution in [0.5, 0.6) is 0 Å². The van der Waals surface area contributed by atoms with Crippen LogP contribution >= 0.6 is 0 Å². The van der Waals surface area contributed by atoms with Crippen LogP contribution in [-0.4, -0.2) is 11.5 Å². The SMILES string of the molecule is Cc1cccc(C(C)(C)CNc2ncc(N)cc2C)c1. The van der Waals surface area contributed by atoms with Gasteiger partial charge in [0.05, 0.1) is 11.9 Å².